The predicted molar refractivity (Wildman–Crippen MR) is 76.5 cm³/mol. The van der Waals surface area contributed by atoms with Gasteiger partial charge in [0.2, 0.25) is 0 Å². The van der Waals surface area contributed by atoms with Crippen LogP contribution in [0.3, 0.4) is 0 Å². The topological polar surface area (TPSA) is 66.8 Å². The van der Waals surface area contributed by atoms with Gasteiger partial charge in [0.15, 0.2) is 0 Å². The highest BCUT2D eigenvalue weighted by Crippen LogP contribution is 2.28. The zero-order valence-corrected chi connectivity index (χ0v) is 12.4. The van der Waals surface area contributed by atoms with Gasteiger partial charge < -0.3 is 14.7 Å². The van der Waals surface area contributed by atoms with E-state index in [4.69, 9.17) is 14.6 Å². The minimum Gasteiger partial charge on any atom is -0.483 e. The van der Waals surface area contributed by atoms with Gasteiger partial charge in [0, 0.05) is 13.0 Å². The Morgan fingerprint density at radius 1 is 1.35 bits per heavy atom. The summed E-state index contributed by atoms with van der Waals surface area (Å²) in [5, 5.41) is 6.89. The molecule has 20 heavy (non-hydrogen) atoms. The fourth-order valence-electron chi connectivity index (χ4n) is 3.10. The monoisotopic (exact) mass is 285 g/mol. The van der Waals surface area contributed by atoms with Crippen molar-refractivity contribution in [1.82, 2.24) is 4.90 Å². The second-order valence-electron chi connectivity index (χ2n) is 5.81. The molecule has 1 aliphatic carbocycles. The van der Waals surface area contributed by atoms with E-state index < -0.39 is 0 Å². The van der Waals surface area contributed by atoms with Crippen LogP contribution in [-0.2, 0) is 14.3 Å². The molecule has 116 valence electrons. The van der Waals surface area contributed by atoms with Crippen molar-refractivity contribution in [1.29, 1.82) is 0 Å². The summed E-state index contributed by atoms with van der Waals surface area (Å²) >= 11 is 0. The Morgan fingerprint density at radius 2 is 2.00 bits per heavy atom. The van der Waals surface area contributed by atoms with Gasteiger partial charge in [-0.05, 0) is 38.8 Å². The zero-order chi connectivity index (χ0) is 14.8. The lowest BCUT2D eigenvalue weighted by molar-refractivity contribution is -0.141. The summed E-state index contributed by atoms with van der Waals surface area (Å²) in [4.78, 5) is 21.7. The van der Waals surface area contributed by atoms with Crippen molar-refractivity contribution in [2.75, 3.05) is 20.1 Å². The van der Waals surface area contributed by atoms with Crippen LogP contribution in [0.4, 0.5) is 0 Å². The molecule has 5 heteroatoms. The third-order valence-electron chi connectivity index (χ3n) is 4.11. The molecule has 1 heterocycles. The van der Waals surface area contributed by atoms with Crippen LogP contribution >= 0.6 is 0 Å². The van der Waals surface area contributed by atoms with Gasteiger partial charge in [0.05, 0.1) is 0 Å². The van der Waals surface area contributed by atoms with Crippen LogP contribution in [-0.4, -0.2) is 48.7 Å². The standard InChI is InChI=1S/C14H25NO2.CH2O2/c1-15(11-13-8-9-14(16)17-13)10-4-7-12-5-2-3-6-12;2-1-3/h12-13H,2-11H2,1H3;1H,(H,2,3). The number of cyclic esters (lactones) is 1. The first-order chi connectivity index (χ1) is 9.65. The number of carboxylic acid groups (broad SMARTS) is 1. The molecule has 0 radical (unpaired) electrons. The van der Waals surface area contributed by atoms with Crippen molar-refractivity contribution < 1.29 is 19.4 Å². The largest absolute Gasteiger partial charge is 0.483 e. The molecule has 1 aliphatic heterocycles. The van der Waals surface area contributed by atoms with Crippen LogP contribution in [0.15, 0.2) is 0 Å². The second kappa shape index (κ2) is 9.75. The highest BCUT2D eigenvalue weighted by atomic mass is 16.5. The Bertz CT molecular complexity index is 290. The molecule has 2 aliphatic rings. The van der Waals surface area contributed by atoms with Crippen LogP contribution in [0, 0.1) is 5.92 Å². The Morgan fingerprint density at radius 3 is 2.55 bits per heavy atom. The van der Waals surface area contributed by atoms with Crippen molar-refractivity contribution in [3.05, 3.63) is 0 Å². The van der Waals surface area contributed by atoms with Crippen LogP contribution < -0.4 is 0 Å². The number of nitrogens with zero attached hydrogens (tertiary/aromatic N) is 1. The summed E-state index contributed by atoms with van der Waals surface area (Å²) in [6.07, 6.45) is 10.1. The molecule has 1 saturated heterocycles. The maximum Gasteiger partial charge on any atom is 0.306 e. The molecule has 0 bridgehead atoms. The molecule has 0 amide bonds. The SMILES string of the molecule is CN(CCCC1CCCC1)CC1CCC(=O)O1.O=CO. The van der Waals surface area contributed by atoms with Gasteiger partial charge in [-0.2, -0.15) is 0 Å². The number of likely N-dealkylation sites (N-methyl/N-ethyl adjacent to an activating group) is 1. The van der Waals surface area contributed by atoms with Crippen molar-refractivity contribution in [3.63, 3.8) is 0 Å². The van der Waals surface area contributed by atoms with Gasteiger partial charge in [0.25, 0.3) is 6.47 Å². The Kier molecular flexibility index (Phi) is 8.26. The summed E-state index contributed by atoms with van der Waals surface area (Å²) in [7, 11) is 2.14. The first-order valence-corrected chi connectivity index (χ1v) is 7.61. The summed E-state index contributed by atoms with van der Waals surface area (Å²) < 4.78 is 5.23. The lowest BCUT2D eigenvalue weighted by Gasteiger charge is -2.20. The van der Waals surface area contributed by atoms with Gasteiger partial charge >= 0.3 is 5.97 Å². The van der Waals surface area contributed by atoms with E-state index in [0.29, 0.717) is 6.42 Å². The summed E-state index contributed by atoms with van der Waals surface area (Å²) in [6.45, 7) is 1.81. The molecule has 0 spiro atoms. The Balaban J connectivity index is 0.000000612. The molecule has 2 fully saturated rings. The van der Waals surface area contributed by atoms with E-state index in [0.717, 1.165) is 25.4 Å². The number of carbonyl (C=O) groups is 2. The van der Waals surface area contributed by atoms with E-state index in [2.05, 4.69) is 11.9 Å². The molecule has 0 aromatic heterocycles. The molecular weight excluding hydrogens is 258 g/mol. The number of hydrogen-bond acceptors (Lipinski definition) is 4. The summed E-state index contributed by atoms with van der Waals surface area (Å²) in [6, 6.07) is 0. The van der Waals surface area contributed by atoms with Crippen LogP contribution in [0.2, 0.25) is 0 Å². The molecule has 5 nitrogen and oxygen atoms in total. The zero-order valence-electron chi connectivity index (χ0n) is 12.4. The molecule has 0 aromatic carbocycles. The number of rotatable bonds is 6. The molecule has 0 aromatic rings. The van der Waals surface area contributed by atoms with E-state index in [-0.39, 0.29) is 18.5 Å². The van der Waals surface area contributed by atoms with E-state index in [9.17, 15) is 4.79 Å². The maximum atomic E-state index is 11.0. The van der Waals surface area contributed by atoms with Crippen LogP contribution in [0.25, 0.3) is 0 Å². The second-order valence-corrected chi connectivity index (χ2v) is 5.81. The average Bonchev–Trinajstić information content (AvgIpc) is 3.02. The smallest absolute Gasteiger partial charge is 0.306 e. The van der Waals surface area contributed by atoms with Crippen molar-refractivity contribution >= 4 is 12.4 Å². The van der Waals surface area contributed by atoms with E-state index >= 15 is 0 Å². The number of carbonyl (C=O) groups excluding carboxylic acids is 1. The fraction of sp³-hybridized carbons (Fsp3) is 0.867. The normalized spacial score (nSPS) is 22.5. The molecular formula is C15H27NO4. The van der Waals surface area contributed by atoms with Crippen LogP contribution in [0.5, 0.6) is 0 Å². The Labute approximate surface area is 121 Å². The van der Waals surface area contributed by atoms with Crippen molar-refractivity contribution in [3.8, 4) is 0 Å². The highest BCUT2D eigenvalue weighted by Gasteiger charge is 2.24. The van der Waals surface area contributed by atoms with Gasteiger partial charge in [-0.15, -0.1) is 0 Å². The number of hydrogen-bond donors (Lipinski definition) is 1. The first kappa shape index (κ1) is 17.0. The van der Waals surface area contributed by atoms with E-state index in [1.807, 2.05) is 0 Å². The van der Waals surface area contributed by atoms with Gasteiger partial charge in [-0.3, -0.25) is 9.59 Å². The van der Waals surface area contributed by atoms with Crippen molar-refractivity contribution in [2.45, 2.75) is 57.5 Å². The van der Waals surface area contributed by atoms with Gasteiger partial charge in [-0.25, -0.2) is 0 Å². The molecule has 1 atom stereocenters. The molecule has 1 unspecified atom stereocenters. The van der Waals surface area contributed by atoms with Gasteiger partial charge in [0.1, 0.15) is 6.10 Å². The average molecular weight is 285 g/mol. The lowest BCUT2D eigenvalue weighted by Crippen LogP contribution is -2.30. The quantitative estimate of drug-likeness (QED) is 0.599. The van der Waals surface area contributed by atoms with Gasteiger partial charge in [-0.1, -0.05) is 25.7 Å². The number of ether oxygens (including phenoxy) is 1. The lowest BCUT2D eigenvalue weighted by atomic mass is 10.0. The van der Waals surface area contributed by atoms with E-state index in [1.54, 1.807) is 0 Å². The number of esters is 1. The Hall–Kier alpha value is -1.10. The fourth-order valence-corrected chi connectivity index (χ4v) is 3.10. The molecule has 2 rings (SSSR count). The molecule has 1 saturated carbocycles. The third-order valence-corrected chi connectivity index (χ3v) is 4.11. The minimum absolute atomic E-state index is 0.0191. The molecule has 1 N–H and O–H groups in total. The van der Waals surface area contributed by atoms with Crippen molar-refractivity contribution in [2.24, 2.45) is 5.92 Å². The van der Waals surface area contributed by atoms with E-state index in [1.165, 1.54) is 38.5 Å². The summed E-state index contributed by atoms with van der Waals surface area (Å²) in [5.74, 6) is 0.974. The summed E-state index contributed by atoms with van der Waals surface area (Å²) in [5.41, 5.74) is 0. The maximum absolute atomic E-state index is 11.0. The minimum atomic E-state index is -0.250. The van der Waals surface area contributed by atoms with Crippen LogP contribution in [0.1, 0.15) is 51.4 Å². The predicted octanol–water partition coefficient (Wildman–Crippen LogP) is 2.29. The highest BCUT2D eigenvalue weighted by molar-refractivity contribution is 5.71. The third kappa shape index (κ3) is 6.89. The first-order valence-electron chi connectivity index (χ1n) is 7.61.